The van der Waals surface area contributed by atoms with Crippen molar-refractivity contribution in [3.8, 4) is 56.3 Å². The Balaban J connectivity index is 0.000000128. The first-order valence-corrected chi connectivity index (χ1v) is 27.4. The van der Waals surface area contributed by atoms with Crippen molar-refractivity contribution in [3.05, 3.63) is 203 Å². The standard InChI is InChI=1S/2C19H14FN5.C16H20BNO2.C9H6BrFN4/c2*1-11-8-9-22-16-7-4-13(10-15(11)16)18-17(23-19(21)25-24-18)12-2-5-14(20)6-3-12;1-11-8-9-18-14-7-6-12(10-13(11)14)17-19-15(2,3)16(4,5)20-17;10-8-7(13-9(12)15-14-8)5-1-3-6(11)4-2-5/h2*2-10H,1H3,(H2,21,23,25);6-10H,1-5H3;1-4H,(H2,12,13,15). The van der Waals surface area contributed by atoms with E-state index in [4.69, 9.17) is 26.5 Å². The lowest BCUT2D eigenvalue weighted by atomic mass is 9.78. The third-order valence-electron chi connectivity index (χ3n) is 14.4. The van der Waals surface area contributed by atoms with Crippen LogP contribution in [0.4, 0.5) is 31.0 Å². The second kappa shape index (κ2) is 24.6. The number of aryl methyl sites for hydroxylation is 3. The number of halogens is 4. The number of nitrogens with two attached hydrogens (primary N) is 3. The Labute approximate surface area is 495 Å². The van der Waals surface area contributed by atoms with E-state index in [1.807, 2.05) is 86.8 Å². The molecule has 85 heavy (non-hydrogen) atoms. The van der Waals surface area contributed by atoms with Gasteiger partial charge in [-0.25, -0.2) is 28.1 Å². The predicted octanol–water partition coefficient (Wildman–Crippen LogP) is 12.4. The van der Waals surface area contributed by atoms with Gasteiger partial charge in [-0.1, -0.05) is 24.3 Å². The van der Waals surface area contributed by atoms with Crippen LogP contribution in [0.5, 0.6) is 0 Å². The molecule has 424 valence electrons. The van der Waals surface area contributed by atoms with E-state index in [9.17, 15) is 13.2 Å². The normalized spacial score (nSPS) is 13.1. The van der Waals surface area contributed by atoms with Crippen LogP contribution in [0, 0.1) is 38.2 Å². The zero-order chi connectivity index (χ0) is 60.2. The maximum absolute atomic E-state index is 13.2. The summed E-state index contributed by atoms with van der Waals surface area (Å²) in [5, 5.41) is 26.8. The average Bonchev–Trinajstić information content (AvgIpc) is 3.47. The number of fused-ring (bicyclic) bond motifs is 3. The Morgan fingerprint density at radius 2 is 0.718 bits per heavy atom. The smallest absolute Gasteiger partial charge is 0.399 e. The minimum Gasteiger partial charge on any atom is -0.399 e. The number of benzene rings is 6. The molecule has 12 aromatic rings. The Bertz CT molecular complexity index is 4220. The minimum atomic E-state index is -0.316. The average molecular weight is 1200 g/mol. The predicted molar refractivity (Wildman–Crippen MR) is 330 cm³/mol. The number of hydrogen-bond donors (Lipinski definition) is 3. The van der Waals surface area contributed by atoms with Gasteiger partial charge in [0.15, 0.2) is 4.60 Å². The van der Waals surface area contributed by atoms with Crippen molar-refractivity contribution in [2.75, 3.05) is 17.2 Å². The van der Waals surface area contributed by atoms with Crippen LogP contribution in [-0.2, 0) is 9.31 Å². The summed E-state index contributed by atoms with van der Waals surface area (Å²) < 4.78 is 51.9. The molecule has 0 spiro atoms. The Morgan fingerprint density at radius 3 is 1.12 bits per heavy atom. The van der Waals surface area contributed by atoms with Crippen molar-refractivity contribution in [1.29, 1.82) is 0 Å². The zero-order valence-corrected chi connectivity index (χ0v) is 48.7. The second-order valence-corrected chi connectivity index (χ2v) is 21.5. The summed E-state index contributed by atoms with van der Waals surface area (Å²) in [6.45, 7) is 14.4. The molecule has 1 saturated heterocycles. The quantitative estimate of drug-likeness (QED) is 0.131. The molecule has 0 aliphatic carbocycles. The van der Waals surface area contributed by atoms with Crippen molar-refractivity contribution in [2.24, 2.45) is 0 Å². The van der Waals surface area contributed by atoms with E-state index in [1.54, 1.807) is 48.8 Å². The summed E-state index contributed by atoms with van der Waals surface area (Å²) >= 11 is 3.20. The molecule has 0 atom stereocenters. The zero-order valence-electron chi connectivity index (χ0n) is 47.1. The number of nitrogen functional groups attached to an aromatic ring is 3. The van der Waals surface area contributed by atoms with Gasteiger partial charge in [0, 0.05) is 62.6 Å². The van der Waals surface area contributed by atoms with Gasteiger partial charge in [0.2, 0.25) is 17.8 Å². The lowest BCUT2D eigenvalue weighted by Gasteiger charge is -2.32. The number of hydrogen-bond acceptors (Lipinski definition) is 17. The molecule has 6 N–H and O–H groups in total. The van der Waals surface area contributed by atoms with Gasteiger partial charge in [0.05, 0.1) is 27.8 Å². The van der Waals surface area contributed by atoms with Crippen molar-refractivity contribution >= 4 is 79.1 Å². The van der Waals surface area contributed by atoms with E-state index in [0.29, 0.717) is 33.1 Å². The fraction of sp³-hybridized carbons (Fsp3) is 0.143. The minimum absolute atomic E-state index is 0.0710. The lowest BCUT2D eigenvalue weighted by molar-refractivity contribution is 0.00578. The summed E-state index contributed by atoms with van der Waals surface area (Å²) in [6.07, 6.45) is 5.41. The van der Waals surface area contributed by atoms with E-state index in [0.717, 1.165) is 77.1 Å². The molecule has 7 heterocycles. The largest absolute Gasteiger partial charge is 0.494 e. The maximum atomic E-state index is 13.2. The van der Waals surface area contributed by atoms with Crippen molar-refractivity contribution in [3.63, 3.8) is 0 Å². The molecule has 17 nitrogen and oxygen atoms in total. The molecule has 0 unspecified atom stereocenters. The first kappa shape index (κ1) is 58.4. The molecular formula is C63H54BBrF3N15O2. The van der Waals surface area contributed by atoms with E-state index in [-0.39, 0.29) is 53.6 Å². The van der Waals surface area contributed by atoms with Crippen molar-refractivity contribution in [1.82, 2.24) is 60.5 Å². The summed E-state index contributed by atoms with van der Waals surface area (Å²) in [5.74, 6) is -0.703. The molecule has 1 aliphatic rings. The maximum Gasteiger partial charge on any atom is 0.494 e. The Hall–Kier alpha value is -9.77. The van der Waals surface area contributed by atoms with Gasteiger partial charge in [-0.3, -0.25) is 15.0 Å². The molecule has 6 aromatic heterocycles. The van der Waals surface area contributed by atoms with Crippen LogP contribution in [-0.4, -0.2) is 78.8 Å². The molecule has 22 heteroatoms. The van der Waals surface area contributed by atoms with E-state index in [2.05, 4.69) is 117 Å². The molecule has 0 bridgehead atoms. The highest BCUT2D eigenvalue weighted by Crippen LogP contribution is 2.37. The topological polar surface area (TPSA) is 251 Å². The summed E-state index contributed by atoms with van der Waals surface area (Å²) in [5.41, 5.74) is 30.3. The summed E-state index contributed by atoms with van der Waals surface area (Å²) in [6, 6.07) is 41.9. The summed E-state index contributed by atoms with van der Waals surface area (Å²) in [4.78, 5) is 25.8. The van der Waals surface area contributed by atoms with Crippen LogP contribution in [0.25, 0.3) is 89.0 Å². The van der Waals surface area contributed by atoms with Gasteiger partial charge in [0.1, 0.15) is 45.9 Å². The van der Waals surface area contributed by atoms with Crippen LogP contribution in [0.3, 0.4) is 0 Å². The number of rotatable bonds is 6. The highest BCUT2D eigenvalue weighted by atomic mass is 79.9. The molecule has 0 saturated carbocycles. The molecule has 6 aromatic carbocycles. The molecule has 1 aliphatic heterocycles. The molecule has 1 fully saturated rings. The van der Waals surface area contributed by atoms with Crippen LogP contribution in [0.1, 0.15) is 44.4 Å². The van der Waals surface area contributed by atoms with Gasteiger partial charge in [-0.05, 0) is 208 Å². The van der Waals surface area contributed by atoms with Gasteiger partial charge in [-0.2, -0.15) is 0 Å². The first-order valence-electron chi connectivity index (χ1n) is 26.6. The third-order valence-corrected chi connectivity index (χ3v) is 14.9. The van der Waals surface area contributed by atoms with Crippen LogP contribution < -0.4 is 22.7 Å². The Kier molecular flexibility index (Phi) is 16.9. The number of pyridine rings is 3. The Morgan fingerprint density at radius 1 is 0.388 bits per heavy atom. The fourth-order valence-corrected chi connectivity index (χ4v) is 9.49. The number of anilines is 3. The number of aromatic nitrogens is 12. The van der Waals surface area contributed by atoms with Gasteiger partial charge in [0.25, 0.3) is 0 Å². The second-order valence-electron chi connectivity index (χ2n) is 20.8. The molecular weight excluding hydrogens is 1150 g/mol. The third kappa shape index (κ3) is 13.2. The lowest BCUT2D eigenvalue weighted by Crippen LogP contribution is -2.41. The monoisotopic (exact) mass is 1200 g/mol. The van der Waals surface area contributed by atoms with E-state index in [1.165, 1.54) is 42.0 Å². The fourth-order valence-electron chi connectivity index (χ4n) is 9.09. The number of nitrogens with zero attached hydrogens (tertiary/aromatic N) is 12. The highest BCUT2D eigenvalue weighted by Gasteiger charge is 2.51. The van der Waals surface area contributed by atoms with Crippen molar-refractivity contribution < 1.29 is 22.5 Å². The van der Waals surface area contributed by atoms with Gasteiger partial charge in [-0.15, -0.1) is 30.6 Å². The molecule has 13 rings (SSSR count). The summed E-state index contributed by atoms with van der Waals surface area (Å²) in [7, 11) is -0.316. The molecule has 0 radical (unpaired) electrons. The SMILES string of the molecule is Cc1ccnc2ccc(-c3nnc(N)nc3-c3ccc(F)cc3)cc12.Cc1ccnc2ccc(-c3nnc(N)nc3-c3ccc(F)cc3)cc12.Cc1ccnc2ccc(B3OC(C)(C)C(C)(C)O3)cc12.Nc1nnc(Br)c(-c2ccc(F)cc2)n1. The van der Waals surface area contributed by atoms with Gasteiger partial charge < -0.3 is 26.5 Å². The van der Waals surface area contributed by atoms with Crippen molar-refractivity contribution in [2.45, 2.75) is 59.7 Å². The first-order chi connectivity index (χ1) is 40.7. The molecule has 0 amide bonds. The van der Waals surface area contributed by atoms with Gasteiger partial charge >= 0.3 is 7.12 Å². The van der Waals surface area contributed by atoms with Crippen LogP contribution in [0.2, 0.25) is 0 Å². The van der Waals surface area contributed by atoms with Crippen LogP contribution >= 0.6 is 15.9 Å². The van der Waals surface area contributed by atoms with E-state index < -0.39 is 0 Å². The van der Waals surface area contributed by atoms with E-state index >= 15 is 0 Å². The highest BCUT2D eigenvalue weighted by molar-refractivity contribution is 9.10. The van der Waals surface area contributed by atoms with Crippen LogP contribution in [0.15, 0.2) is 169 Å².